The second-order valence-electron chi connectivity index (χ2n) is 7.53. The molecule has 1 amide bonds. The number of benzene rings is 1. The largest absolute Gasteiger partial charge is 0.444 e. The SMILES string of the molecule is CN1CCC(N(Cc2ccccc2[N+](=O)[O-])C(=O)OC(C)(C)C)CC1. The van der Waals surface area contributed by atoms with Crippen molar-refractivity contribution in [2.75, 3.05) is 20.1 Å². The molecule has 0 N–H and O–H groups in total. The standard InChI is InChI=1S/C18H27N3O4/c1-18(2,3)25-17(22)20(15-9-11-19(4)12-10-15)13-14-7-5-6-8-16(14)21(23)24/h5-8,15H,9-13H2,1-4H3. The molecule has 0 unspecified atom stereocenters. The molecular weight excluding hydrogens is 322 g/mol. The highest BCUT2D eigenvalue weighted by atomic mass is 16.6. The highest BCUT2D eigenvalue weighted by molar-refractivity contribution is 5.69. The van der Waals surface area contributed by atoms with Crippen LogP contribution < -0.4 is 0 Å². The van der Waals surface area contributed by atoms with Crippen molar-refractivity contribution in [3.05, 3.63) is 39.9 Å². The average molecular weight is 349 g/mol. The van der Waals surface area contributed by atoms with Gasteiger partial charge < -0.3 is 14.5 Å². The molecule has 1 aromatic rings. The van der Waals surface area contributed by atoms with Gasteiger partial charge in [-0.3, -0.25) is 10.1 Å². The van der Waals surface area contributed by atoms with Crippen LogP contribution in [0.1, 0.15) is 39.2 Å². The molecule has 0 aromatic heterocycles. The Bertz CT molecular complexity index is 619. The van der Waals surface area contributed by atoms with Gasteiger partial charge in [0.2, 0.25) is 0 Å². The fourth-order valence-corrected chi connectivity index (χ4v) is 2.98. The van der Waals surface area contributed by atoms with Gasteiger partial charge in [0.25, 0.3) is 5.69 Å². The third-order valence-corrected chi connectivity index (χ3v) is 4.29. The van der Waals surface area contributed by atoms with E-state index in [1.54, 1.807) is 23.1 Å². The summed E-state index contributed by atoms with van der Waals surface area (Å²) in [6.45, 7) is 7.43. The van der Waals surface area contributed by atoms with Crippen molar-refractivity contribution >= 4 is 11.8 Å². The van der Waals surface area contributed by atoms with Gasteiger partial charge in [-0.15, -0.1) is 0 Å². The van der Waals surface area contributed by atoms with Crippen molar-refractivity contribution in [3.8, 4) is 0 Å². The molecular formula is C18H27N3O4. The Morgan fingerprint density at radius 1 is 1.32 bits per heavy atom. The highest BCUT2D eigenvalue weighted by Gasteiger charge is 2.31. The maximum absolute atomic E-state index is 12.7. The number of nitro benzene ring substituents is 1. The number of para-hydroxylation sites is 1. The van der Waals surface area contributed by atoms with Gasteiger partial charge in [0.05, 0.1) is 11.5 Å². The van der Waals surface area contributed by atoms with E-state index in [9.17, 15) is 14.9 Å². The maximum atomic E-state index is 12.7. The number of rotatable bonds is 4. The van der Waals surface area contributed by atoms with Crippen molar-refractivity contribution in [1.82, 2.24) is 9.80 Å². The topological polar surface area (TPSA) is 75.9 Å². The number of amides is 1. The van der Waals surface area contributed by atoms with Crippen LogP contribution in [-0.2, 0) is 11.3 Å². The molecule has 1 saturated heterocycles. The number of carbonyl (C=O) groups is 1. The molecule has 1 aliphatic heterocycles. The molecule has 0 atom stereocenters. The van der Waals surface area contributed by atoms with E-state index in [4.69, 9.17) is 4.74 Å². The lowest BCUT2D eigenvalue weighted by Crippen LogP contribution is -2.47. The molecule has 0 bridgehead atoms. The minimum absolute atomic E-state index is 0.0193. The molecule has 1 aromatic carbocycles. The molecule has 1 heterocycles. The monoisotopic (exact) mass is 349 g/mol. The van der Waals surface area contributed by atoms with Crippen molar-refractivity contribution in [3.63, 3.8) is 0 Å². The summed E-state index contributed by atoms with van der Waals surface area (Å²) in [5.41, 5.74) is -0.0510. The van der Waals surface area contributed by atoms with Crippen molar-refractivity contribution in [2.45, 2.75) is 51.8 Å². The van der Waals surface area contributed by atoms with E-state index in [2.05, 4.69) is 11.9 Å². The van der Waals surface area contributed by atoms with E-state index in [0.717, 1.165) is 25.9 Å². The highest BCUT2D eigenvalue weighted by Crippen LogP contribution is 2.25. The van der Waals surface area contributed by atoms with E-state index in [1.807, 2.05) is 20.8 Å². The minimum Gasteiger partial charge on any atom is -0.444 e. The fraction of sp³-hybridized carbons (Fsp3) is 0.611. The van der Waals surface area contributed by atoms with Crippen LogP contribution in [0.3, 0.4) is 0 Å². The number of hydrogen-bond acceptors (Lipinski definition) is 5. The van der Waals surface area contributed by atoms with Crippen LogP contribution in [0.15, 0.2) is 24.3 Å². The van der Waals surface area contributed by atoms with Crippen molar-refractivity contribution < 1.29 is 14.5 Å². The Morgan fingerprint density at radius 2 is 1.92 bits per heavy atom. The first-order valence-electron chi connectivity index (χ1n) is 8.58. The quantitative estimate of drug-likeness (QED) is 0.615. The van der Waals surface area contributed by atoms with Crippen LogP contribution in [0.2, 0.25) is 0 Å². The van der Waals surface area contributed by atoms with Gasteiger partial charge in [-0.05, 0) is 53.8 Å². The normalized spacial score (nSPS) is 16.5. The molecule has 1 aliphatic rings. The van der Waals surface area contributed by atoms with Gasteiger partial charge in [0, 0.05) is 17.7 Å². The molecule has 1 fully saturated rings. The minimum atomic E-state index is -0.608. The fourth-order valence-electron chi connectivity index (χ4n) is 2.98. The molecule has 0 aliphatic carbocycles. The Labute approximate surface area is 148 Å². The third kappa shape index (κ3) is 5.42. The molecule has 0 radical (unpaired) electrons. The Balaban J connectivity index is 2.25. The molecule has 2 rings (SSSR count). The first kappa shape index (κ1) is 19.2. The van der Waals surface area contributed by atoms with E-state index < -0.39 is 16.6 Å². The number of nitro groups is 1. The zero-order valence-electron chi connectivity index (χ0n) is 15.4. The third-order valence-electron chi connectivity index (χ3n) is 4.29. The molecule has 0 spiro atoms. The van der Waals surface area contributed by atoms with Gasteiger partial charge in [-0.25, -0.2) is 4.79 Å². The first-order chi connectivity index (χ1) is 11.7. The molecule has 138 valence electrons. The summed E-state index contributed by atoms with van der Waals surface area (Å²) >= 11 is 0. The number of likely N-dealkylation sites (tertiary alicyclic amines) is 1. The summed E-state index contributed by atoms with van der Waals surface area (Å²) in [5, 5.41) is 11.3. The van der Waals surface area contributed by atoms with E-state index in [-0.39, 0.29) is 18.3 Å². The van der Waals surface area contributed by atoms with Crippen LogP contribution in [0, 0.1) is 10.1 Å². The van der Waals surface area contributed by atoms with Crippen LogP contribution in [0.5, 0.6) is 0 Å². The van der Waals surface area contributed by atoms with Gasteiger partial charge in [-0.1, -0.05) is 18.2 Å². The Hall–Kier alpha value is -2.15. The number of hydrogen-bond donors (Lipinski definition) is 0. The Morgan fingerprint density at radius 3 is 2.48 bits per heavy atom. The molecule has 0 saturated carbocycles. The number of ether oxygens (including phenoxy) is 1. The average Bonchev–Trinajstić information content (AvgIpc) is 2.52. The van der Waals surface area contributed by atoms with Gasteiger partial charge in [0.1, 0.15) is 5.60 Å². The predicted molar refractivity (Wildman–Crippen MR) is 95.4 cm³/mol. The maximum Gasteiger partial charge on any atom is 0.410 e. The first-order valence-corrected chi connectivity index (χ1v) is 8.58. The van der Waals surface area contributed by atoms with E-state index in [1.165, 1.54) is 6.07 Å². The number of nitrogens with zero attached hydrogens (tertiary/aromatic N) is 3. The zero-order valence-corrected chi connectivity index (χ0v) is 15.4. The van der Waals surface area contributed by atoms with E-state index >= 15 is 0 Å². The Kier molecular flexibility index (Phi) is 6.00. The smallest absolute Gasteiger partial charge is 0.410 e. The van der Waals surface area contributed by atoms with Crippen LogP contribution in [0.4, 0.5) is 10.5 Å². The second kappa shape index (κ2) is 7.82. The molecule has 25 heavy (non-hydrogen) atoms. The number of carbonyl (C=O) groups excluding carboxylic acids is 1. The van der Waals surface area contributed by atoms with Crippen LogP contribution in [0.25, 0.3) is 0 Å². The van der Waals surface area contributed by atoms with Gasteiger partial charge in [-0.2, -0.15) is 0 Å². The van der Waals surface area contributed by atoms with E-state index in [0.29, 0.717) is 5.56 Å². The summed E-state index contributed by atoms with van der Waals surface area (Å²) in [4.78, 5) is 27.5. The lowest BCUT2D eigenvalue weighted by Gasteiger charge is -2.38. The van der Waals surface area contributed by atoms with Gasteiger partial charge >= 0.3 is 6.09 Å². The lowest BCUT2D eigenvalue weighted by molar-refractivity contribution is -0.385. The summed E-state index contributed by atoms with van der Waals surface area (Å²) in [7, 11) is 2.05. The van der Waals surface area contributed by atoms with Gasteiger partial charge in [0.15, 0.2) is 0 Å². The summed E-state index contributed by atoms with van der Waals surface area (Å²) in [5.74, 6) is 0. The van der Waals surface area contributed by atoms with Crippen molar-refractivity contribution in [1.29, 1.82) is 0 Å². The predicted octanol–water partition coefficient (Wildman–Crippen LogP) is 3.43. The summed E-state index contributed by atoms with van der Waals surface area (Å²) in [6, 6.07) is 6.58. The second-order valence-corrected chi connectivity index (χ2v) is 7.53. The van der Waals surface area contributed by atoms with Crippen molar-refractivity contribution in [2.24, 2.45) is 0 Å². The molecule has 7 nitrogen and oxygen atoms in total. The zero-order chi connectivity index (χ0) is 18.6. The lowest BCUT2D eigenvalue weighted by atomic mass is 10.0. The summed E-state index contributed by atoms with van der Waals surface area (Å²) < 4.78 is 5.56. The number of piperidine rings is 1. The van der Waals surface area contributed by atoms with Crippen LogP contribution >= 0.6 is 0 Å². The van der Waals surface area contributed by atoms with Crippen LogP contribution in [-0.4, -0.2) is 52.6 Å². The summed E-state index contributed by atoms with van der Waals surface area (Å²) in [6.07, 6.45) is 1.24. The molecule has 7 heteroatoms.